The lowest BCUT2D eigenvalue weighted by Crippen LogP contribution is -2.44. The summed E-state index contributed by atoms with van der Waals surface area (Å²) in [4.78, 5) is 25.5. The third kappa shape index (κ3) is 3.06. The second kappa shape index (κ2) is 5.93. The Bertz CT molecular complexity index is 776. The molecule has 0 unspecified atom stereocenters. The molecule has 0 bridgehead atoms. The summed E-state index contributed by atoms with van der Waals surface area (Å²) in [6.07, 6.45) is 1.86. The molecule has 0 aliphatic carbocycles. The van der Waals surface area contributed by atoms with E-state index in [1.165, 1.54) is 46.2 Å². The highest BCUT2D eigenvalue weighted by Crippen LogP contribution is 2.29. The molecule has 0 radical (unpaired) electrons. The van der Waals surface area contributed by atoms with Gasteiger partial charge < -0.3 is 14.7 Å². The fraction of sp³-hybridized carbons (Fsp3) is 0.267. The smallest absolute Gasteiger partial charge is 0.407 e. The number of halogens is 1. The van der Waals surface area contributed by atoms with Crippen molar-refractivity contribution in [1.82, 2.24) is 9.78 Å². The second-order valence-corrected chi connectivity index (χ2v) is 5.38. The number of aryl methyl sites for hydroxylation is 1. The average molecular weight is 334 g/mol. The van der Waals surface area contributed by atoms with Crippen molar-refractivity contribution in [2.24, 2.45) is 7.05 Å². The molecule has 2 aromatic rings. The molecular weight excluding hydrogens is 319 g/mol. The lowest BCUT2D eigenvalue weighted by Gasteiger charge is -2.22. The number of ether oxygens (including phenoxy) is 1. The van der Waals surface area contributed by atoms with E-state index in [1.54, 1.807) is 7.05 Å². The quantitative estimate of drug-likeness (QED) is 0.823. The van der Waals surface area contributed by atoms with Crippen LogP contribution in [0.1, 0.15) is 6.42 Å². The largest absolute Gasteiger partial charge is 0.414 e. The molecule has 24 heavy (non-hydrogen) atoms. The number of aromatic nitrogens is 2. The van der Waals surface area contributed by atoms with E-state index in [1.807, 2.05) is 0 Å². The number of aliphatic hydroxyl groups is 1. The van der Waals surface area contributed by atoms with E-state index in [4.69, 9.17) is 4.74 Å². The number of carbonyl (C=O) groups excluding carboxylic acids is 2. The van der Waals surface area contributed by atoms with Gasteiger partial charge in [-0.05, 0) is 24.3 Å². The minimum absolute atomic E-state index is 0.0936. The molecule has 3 rings (SSSR count). The van der Waals surface area contributed by atoms with Crippen LogP contribution in [-0.2, 0) is 16.6 Å². The van der Waals surface area contributed by atoms with Gasteiger partial charge in [-0.1, -0.05) is 0 Å². The summed E-state index contributed by atoms with van der Waals surface area (Å²) in [5.41, 5.74) is 0.778. The first-order valence-electron chi connectivity index (χ1n) is 7.16. The molecular formula is C15H15FN4O4. The normalized spacial score (nSPS) is 20.3. The lowest BCUT2D eigenvalue weighted by molar-refractivity contribution is -0.173. The van der Waals surface area contributed by atoms with Crippen LogP contribution < -0.4 is 10.2 Å². The Morgan fingerprint density at radius 2 is 2.12 bits per heavy atom. The molecule has 0 saturated carbocycles. The van der Waals surface area contributed by atoms with Crippen LogP contribution in [0.5, 0.6) is 0 Å². The summed E-state index contributed by atoms with van der Waals surface area (Å²) in [5.74, 6) is -3.48. The molecule has 1 aliphatic rings. The van der Waals surface area contributed by atoms with E-state index < -0.39 is 23.6 Å². The number of nitrogens with one attached hydrogen (secondary N) is 1. The van der Waals surface area contributed by atoms with Gasteiger partial charge in [0, 0.05) is 31.9 Å². The fourth-order valence-electron chi connectivity index (χ4n) is 2.43. The van der Waals surface area contributed by atoms with Crippen molar-refractivity contribution in [3.05, 3.63) is 42.5 Å². The van der Waals surface area contributed by atoms with Crippen LogP contribution in [-0.4, -0.2) is 39.2 Å². The highest BCUT2D eigenvalue weighted by Gasteiger charge is 2.49. The molecule has 1 aromatic carbocycles. The van der Waals surface area contributed by atoms with Crippen molar-refractivity contribution in [2.45, 2.75) is 12.2 Å². The number of carbonyl (C=O) groups is 2. The number of benzene rings is 1. The summed E-state index contributed by atoms with van der Waals surface area (Å²) in [5, 5.41) is 16.6. The highest BCUT2D eigenvalue weighted by molar-refractivity contribution is 6.02. The highest BCUT2D eigenvalue weighted by atomic mass is 19.1. The zero-order chi connectivity index (χ0) is 17.3. The van der Waals surface area contributed by atoms with E-state index in [-0.39, 0.29) is 13.0 Å². The Morgan fingerprint density at radius 1 is 1.42 bits per heavy atom. The molecule has 1 saturated heterocycles. The van der Waals surface area contributed by atoms with Gasteiger partial charge in [0.1, 0.15) is 5.82 Å². The van der Waals surface area contributed by atoms with Crippen LogP contribution in [0.15, 0.2) is 36.7 Å². The van der Waals surface area contributed by atoms with Gasteiger partial charge in [0.05, 0.1) is 11.9 Å². The van der Waals surface area contributed by atoms with Gasteiger partial charge in [0.15, 0.2) is 0 Å². The van der Waals surface area contributed by atoms with Crippen molar-refractivity contribution >= 4 is 23.4 Å². The number of amides is 2. The van der Waals surface area contributed by atoms with Gasteiger partial charge in [-0.15, -0.1) is 0 Å². The van der Waals surface area contributed by atoms with Crippen molar-refractivity contribution in [2.75, 3.05) is 16.8 Å². The first-order valence-corrected chi connectivity index (χ1v) is 7.16. The number of nitrogens with zero attached hydrogens (tertiary/aromatic N) is 3. The first-order chi connectivity index (χ1) is 11.4. The number of anilines is 2. The maximum Gasteiger partial charge on any atom is 0.414 e. The van der Waals surface area contributed by atoms with Crippen LogP contribution >= 0.6 is 0 Å². The first kappa shape index (κ1) is 15.9. The Balaban J connectivity index is 1.68. The minimum Gasteiger partial charge on any atom is -0.407 e. The van der Waals surface area contributed by atoms with Gasteiger partial charge in [-0.3, -0.25) is 14.8 Å². The van der Waals surface area contributed by atoms with Crippen molar-refractivity contribution in [3.8, 4) is 0 Å². The molecule has 2 amide bonds. The molecule has 1 atom stereocenters. The predicted molar refractivity (Wildman–Crippen MR) is 81.6 cm³/mol. The molecule has 126 valence electrons. The van der Waals surface area contributed by atoms with Gasteiger partial charge in [0.2, 0.25) is 0 Å². The fourth-order valence-corrected chi connectivity index (χ4v) is 2.43. The van der Waals surface area contributed by atoms with Crippen molar-refractivity contribution in [1.29, 1.82) is 0 Å². The monoisotopic (exact) mass is 334 g/mol. The summed E-state index contributed by atoms with van der Waals surface area (Å²) in [6.45, 7) is 0.140. The second-order valence-electron chi connectivity index (χ2n) is 5.38. The molecule has 1 aromatic heterocycles. The Kier molecular flexibility index (Phi) is 3.94. The van der Waals surface area contributed by atoms with Crippen molar-refractivity contribution in [3.63, 3.8) is 0 Å². The standard InChI is InChI=1S/C15H15FN4O4/c1-19-9-11(8-17-19)18-14(22)24-15(23)6-7-20(13(15)21)12-4-2-10(16)3-5-12/h2-5,8-9,23H,6-7H2,1H3,(H,18,22)/t15-/m0/s1. The Labute approximate surface area is 136 Å². The average Bonchev–Trinajstić information content (AvgIpc) is 3.05. The van der Waals surface area contributed by atoms with Crippen LogP contribution in [0.4, 0.5) is 20.6 Å². The summed E-state index contributed by atoms with van der Waals surface area (Å²) in [6, 6.07) is 5.23. The number of hydrogen-bond donors (Lipinski definition) is 2. The summed E-state index contributed by atoms with van der Waals surface area (Å²) >= 11 is 0. The van der Waals surface area contributed by atoms with Crippen molar-refractivity contribution < 1.29 is 23.8 Å². The zero-order valence-electron chi connectivity index (χ0n) is 12.8. The third-order valence-corrected chi connectivity index (χ3v) is 3.60. The maximum atomic E-state index is 13.0. The van der Waals surface area contributed by atoms with Crippen LogP contribution in [0.2, 0.25) is 0 Å². The van der Waals surface area contributed by atoms with E-state index in [9.17, 15) is 19.1 Å². The summed E-state index contributed by atoms with van der Waals surface area (Å²) < 4.78 is 19.3. The number of rotatable bonds is 3. The van der Waals surface area contributed by atoms with E-state index >= 15 is 0 Å². The third-order valence-electron chi connectivity index (χ3n) is 3.60. The Hall–Kier alpha value is -2.94. The molecule has 9 heteroatoms. The molecule has 0 spiro atoms. The van der Waals surface area contributed by atoms with Crippen LogP contribution in [0, 0.1) is 5.82 Å². The molecule has 1 fully saturated rings. The SMILES string of the molecule is Cn1cc(NC(=O)O[C@@]2(O)CCN(c3ccc(F)cc3)C2=O)cn1. The lowest BCUT2D eigenvalue weighted by atomic mass is 10.2. The molecule has 8 nitrogen and oxygen atoms in total. The molecule has 1 aliphatic heterocycles. The zero-order valence-corrected chi connectivity index (χ0v) is 12.8. The maximum absolute atomic E-state index is 13.0. The minimum atomic E-state index is -2.26. The van der Waals surface area contributed by atoms with E-state index in [0.717, 1.165) is 0 Å². The van der Waals surface area contributed by atoms with Crippen LogP contribution in [0.3, 0.4) is 0 Å². The van der Waals surface area contributed by atoms with Gasteiger partial charge in [-0.25, -0.2) is 9.18 Å². The number of hydrogen-bond acceptors (Lipinski definition) is 5. The summed E-state index contributed by atoms with van der Waals surface area (Å²) in [7, 11) is 1.67. The topological polar surface area (TPSA) is 96.7 Å². The van der Waals surface area contributed by atoms with Gasteiger partial charge in [-0.2, -0.15) is 5.10 Å². The van der Waals surface area contributed by atoms with Gasteiger partial charge >= 0.3 is 6.09 Å². The van der Waals surface area contributed by atoms with E-state index in [2.05, 4.69) is 10.4 Å². The van der Waals surface area contributed by atoms with Gasteiger partial charge in [0.25, 0.3) is 11.7 Å². The molecule has 2 heterocycles. The predicted octanol–water partition coefficient (Wildman–Crippen LogP) is 1.23. The Morgan fingerprint density at radius 3 is 2.75 bits per heavy atom. The molecule has 2 N–H and O–H groups in total. The van der Waals surface area contributed by atoms with Crippen LogP contribution in [0.25, 0.3) is 0 Å². The van der Waals surface area contributed by atoms with E-state index in [0.29, 0.717) is 11.4 Å².